The molecule has 0 saturated heterocycles. The van der Waals surface area contributed by atoms with E-state index in [1.165, 1.54) is 46.9 Å². The topological polar surface area (TPSA) is 62.2 Å². The molecular formula is C31H49N3. The van der Waals surface area contributed by atoms with Gasteiger partial charge in [0.25, 0.3) is 0 Å². The number of nitrogens with zero attached hydrogens (tertiary/aromatic N) is 1. The van der Waals surface area contributed by atoms with Gasteiger partial charge in [-0.25, -0.2) is 0 Å². The number of aliphatic imine (C=N–C) groups is 1. The zero-order valence-electron chi connectivity index (χ0n) is 23.1. The number of nitrogens with one attached hydrogen (secondary N) is 1. The maximum Gasteiger partial charge on any atom is 0.0440 e. The first-order chi connectivity index (χ1) is 16.3. The Morgan fingerprint density at radius 2 is 1.74 bits per heavy atom. The Labute approximate surface area is 209 Å². The van der Waals surface area contributed by atoms with Crippen LogP contribution in [0.3, 0.4) is 0 Å². The van der Waals surface area contributed by atoms with Gasteiger partial charge in [-0.3, -0.25) is 4.99 Å². The van der Waals surface area contributed by atoms with Crippen molar-refractivity contribution >= 4 is 18.0 Å². The highest BCUT2D eigenvalue weighted by molar-refractivity contribution is 5.94. The molecular weight excluding hydrogens is 414 g/mol. The Morgan fingerprint density at radius 1 is 1.09 bits per heavy atom. The second kappa shape index (κ2) is 14.8. The van der Waals surface area contributed by atoms with Crippen LogP contribution in [0.1, 0.15) is 109 Å². The fourth-order valence-electron chi connectivity index (χ4n) is 4.31. The molecule has 0 atom stereocenters. The third kappa shape index (κ3) is 7.82. The van der Waals surface area contributed by atoms with E-state index in [0.29, 0.717) is 0 Å². The fourth-order valence-corrected chi connectivity index (χ4v) is 4.31. The average Bonchev–Trinajstić information content (AvgIpc) is 2.85. The molecule has 0 unspecified atom stereocenters. The lowest BCUT2D eigenvalue weighted by Crippen LogP contribution is -2.14. The van der Waals surface area contributed by atoms with Crippen LogP contribution < -0.4 is 5.73 Å². The van der Waals surface area contributed by atoms with E-state index in [1.54, 1.807) is 6.20 Å². The molecule has 3 heteroatoms. The van der Waals surface area contributed by atoms with Crippen molar-refractivity contribution in [3.8, 4) is 0 Å². The maximum absolute atomic E-state index is 8.10. The summed E-state index contributed by atoms with van der Waals surface area (Å²) in [6.07, 6.45) is 15.3. The SMILES string of the molecule is CC.CCC/C=C(C1=C(c2c(C)ccc(C)c2C=N)CCCC1)\C(C=NCC(C)(C)CC)=C\N. The zero-order valence-corrected chi connectivity index (χ0v) is 23.1. The van der Waals surface area contributed by atoms with Crippen molar-refractivity contribution in [2.45, 2.75) is 100 Å². The van der Waals surface area contributed by atoms with Gasteiger partial charge in [0.15, 0.2) is 0 Å². The molecule has 0 heterocycles. The lowest BCUT2D eigenvalue weighted by molar-refractivity contribution is 0.366. The predicted molar refractivity (Wildman–Crippen MR) is 153 cm³/mol. The van der Waals surface area contributed by atoms with Crippen molar-refractivity contribution < 1.29 is 0 Å². The summed E-state index contributed by atoms with van der Waals surface area (Å²) in [5, 5.41) is 8.10. The Hall–Kier alpha value is -2.42. The molecule has 3 N–H and O–H groups in total. The van der Waals surface area contributed by atoms with Crippen molar-refractivity contribution in [2.75, 3.05) is 6.54 Å². The van der Waals surface area contributed by atoms with E-state index in [4.69, 9.17) is 16.1 Å². The number of aryl methyl sites for hydroxylation is 2. The van der Waals surface area contributed by atoms with Crippen molar-refractivity contribution in [3.05, 3.63) is 63.4 Å². The Balaban J connectivity index is 0.00000281. The smallest absolute Gasteiger partial charge is 0.0440 e. The monoisotopic (exact) mass is 463 g/mol. The number of hydrogen-bond donors (Lipinski definition) is 2. The van der Waals surface area contributed by atoms with E-state index >= 15 is 0 Å². The van der Waals surface area contributed by atoms with E-state index < -0.39 is 0 Å². The molecule has 188 valence electrons. The lowest BCUT2D eigenvalue weighted by atomic mass is 9.78. The highest BCUT2D eigenvalue weighted by Gasteiger charge is 2.23. The summed E-state index contributed by atoms with van der Waals surface area (Å²) in [5.41, 5.74) is 16.1. The van der Waals surface area contributed by atoms with Crippen LogP contribution in [0.4, 0.5) is 0 Å². The number of benzene rings is 1. The average molecular weight is 464 g/mol. The molecule has 0 bridgehead atoms. The number of rotatable bonds is 10. The Bertz CT molecular complexity index is 926. The summed E-state index contributed by atoms with van der Waals surface area (Å²) >= 11 is 0. The minimum Gasteiger partial charge on any atom is -0.404 e. The van der Waals surface area contributed by atoms with E-state index in [-0.39, 0.29) is 5.41 Å². The molecule has 0 saturated carbocycles. The van der Waals surface area contributed by atoms with Gasteiger partial charge in [-0.05, 0) is 91.2 Å². The van der Waals surface area contributed by atoms with Crippen LogP contribution in [0.25, 0.3) is 5.57 Å². The van der Waals surface area contributed by atoms with Crippen molar-refractivity contribution in [1.29, 1.82) is 5.41 Å². The van der Waals surface area contributed by atoms with Crippen LogP contribution in [0, 0.1) is 24.7 Å². The minimum absolute atomic E-state index is 0.191. The van der Waals surface area contributed by atoms with Crippen molar-refractivity contribution in [1.82, 2.24) is 0 Å². The summed E-state index contributed by atoms with van der Waals surface area (Å²) in [6, 6.07) is 4.32. The molecule has 0 aromatic heterocycles. The summed E-state index contributed by atoms with van der Waals surface area (Å²) in [4.78, 5) is 4.80. The third-order valence-electron chi connectivity index (χ3n) is 6.75. The second-order valence-electron chi connectivity index (χ2n) is 9.81. The van der Waals surface area contributed by atoms with Gasteiger partial charge in [-0.1, -0.05) is 66.2 Å². The quantitative estimate of drug-likeness (QED) is 0.264. The van der Waals surface area contributed by atoms with Crippen molar-refractivity contribution in [2.24, 2.45) is 16.1 Å². The molecule has 0 amide bonds. The minimum atomic E-state index is 0.191. The van der Waals surface area contributed by atoms with Gasteiger partial charge in [0.05, 0.1) is 0 Å². The maximum atomic E-state index is 8.10. The summed E-state index contributed by atoms with van der Waals surface area (Å²) < 4.78 is 0. The highest BCUT2D eigenvalue weighted by Crippen LogP contribution is 2.41. The molecule has 0 radical (unpaired) electrons. The number of unbranched alkanes of at least 4 members (excludes halogenated alkanes) is 1. The standard InChI is InChI=1S/C29H43N3.C2H6/c1-7-9-12-24(23(17-30)19-32-20-29(5,6)8-2)25-13-10-11-14-26(25)28-22(4)16-15-21(3)27(28)18-31;1-2/h12,15-19,31H,7-11,13-14,20,30H2,1-6H3;1-2H3/b23-17+,24-12+,31-18?,32-19?;. The largest absolute Gasteiger partial charge is 0.404 e. The zero-order chi connectivity index (χ0) is 25.7. The second-order valence-corrected chi connectivity index (χ2v) is 9.81. The van der Waals surface area contributed by atoms with Crippen LogP contribution >= 0.6 is 0 Å². The van der Waals surface area contributed by atoms with Gasteiger partial charge in [0, 0.05) is 36.3 Å². The van der Waals surface area contributed by atoms with Gasteiger partial charge in [-0.15, -0.1) is 0 Å². The van der Waals surface area contributed by atoms with E-state index in [9.17, 15) is 0 Å². The number of nitrogens with two attached hydrogens (primary N) is 1. The highest BCUT2D eigenvalue weighted by atomic mass is 14.7. The van der Waals surface area contributed by atoms with Crippen LogP contribution in [0.15, 0.2) is 46.1 Å². The van der Waals surface area contributed by atoms with Crippen molar-refractivity contribution in [3.63, 3.8) is 0 Å². The first kappa shape index (κ1) is 29.6. The van der Waals surface area contributed by atoms with Crippen LogP contribution in [-0.4, -0.2) is 19.0 Å². The Morgan fingerprint density at radius 3 is 2.32 bits per heavy atom. The van der Waals surface area contributed by atoms with Crippen LogP contribution in [-0.2, 0) is 0 Å². The fraction of sp³-hybridized carbons (Fsp3) is 0.548. The third-order valence-corrected chi connectivity index (χ3v) is 6.75. The van der Waals surface area contributed by atoms with Gasteiger partial charge in [-0.2, -0.15) is 0 Å². The predicted octanol–water partition coefficient (Wildman–Crippen LogP) is 8.73. The molecule has 0 fully saturated rings. The molecule has 1 aliphatic carbocycles. The molecule has 3 nitrogen and oxygen atoms in total. The summed E-state index contributed by atoms with van der Waals surface area (Å²) in [5.74, 6) is 0. The summed E-state index contributed by atoms with van der Waals surface area (Å²) in [7, 11) is 0. The van der Waals surface area contributed by atoms with Gasteiger partial charge in [0.2, 0.25) is 0 Å². The molecule has 0 aliphatic heterocycles. The Kier molecular flexibility index (Phi) is 12.9. The lowest BCUT2D eigenvalue weighted by Gasteiger charge is -2.26. The molecule has 1 aromatic carbocycles. The van der Waals surface area contributed by atoms with Gasteiger partial charge >= 0.3 is 0 Å². The van der Waals surface area contributed by atoms with E-state index in [2.05, 4.69) is 59.8 Å². The number of hydrogen-bond acceptors (Lipinski definition) is 3. The molecule has 1 aromatic rings. The first-order valence-electron chi connectivity index (χ1n) is 13.2. The first-order valence-corrected chi connectivity index (χ1v) is 13.2. The van der Waals surface area contributed by atoms with Crippen LogP contribution in [0.5, 0.6) is 0 Å². The van der Waals surface area contributed by atoms with Gasteiger partial charge < -0.3 is 11.1 Å². The number of allylic oxidation sites excluding steroid dienone is 5. The van der Waals surface area contributed by atoms with Gasteiger partial charge in [0.1, 0.15) is 0 Å². The molecule has 0 spiro atoms. The molecule has 2 rings (SSSR count). The summed E-state index contributed by atoms with van der Waals surface area (Å²) in [6.45, 7) is 18.0. The van der Waals surface area contributed by atoms with E-state index in [1.807, 2.05) is 20.1 Å². The normalized spacial score (nSPS) is 15.4. The molecule has 34 heavy (non-hydrogen) atoms. The van der Waals surface area contributed by atoms with Crippen LogP contribution in [0.2, 0.25) is 0 Å². The molecule has 1 aliphatic rings. The van der Waals surface area contributed by atoms with E-state index in [0.717, 1.165) is 55.3 Å².